The van der Waals surface area contributed by atoms with E-state index in [2.05, 4.69) is 44.1 Å². The van der Waals surface area contributed by atoms with Gasteiger partial charge in [-0.25, -0.2) is 8.78 Å². The fraction of sp³-hybridized carbons (Fsp3) is 0.485. The Bertz CT molecular complexity index is 1540. The van der Waals surface area contributed by atoms with Crippen molar-refractivity contribution in [3.8, 4) is 0 Å². The second-order valence-electron chi connectivity index (χ2n) is 13.6. The van der Waals surface area contributed by atoms with Gasteiger partial charge in [0.1, 0.15) is 18.1 Å². The summed E-state index contributed by atoms with van der Waals surface area (Å²) in [5.41, 5.74) is -0.195. The molecule has 5 rings (SSSR count). The number of fused-ring (bicyclic) bond motifs is 4. The lowest BCUT2D eigenvalue weighted by atomic mass is 9.73. The second kappa shape index (κ2) is 11.1. The zero-order valence-electron chi connectivity index (χ0n) is 25.4. The van der Waals surface area contributed by atoms with Crippen LogP contribution in [0.4, 0.5) is 14.5 Å². The minimum absolute atomic E-state index is 0.0885. The topological polar surface area (TPSA) is 87.7 Å². The Hall–Kier alpha value is -3.01. The number of esters is 1. The van der Waals surface area contributed by atoms with Gasteiger partial charge in [0.2, 0.25) is 5.91 Å². The maximum absolute atomic E-state index is 15.2. The molecule has 2 N–H and O–H groups in total. The van der Waals surface area contributed by atoms with Crippen molar-refractivity contribution in [2.45, 2.75) is 69.4 Å². The number of alkyl halides is 2. The number of amides is 2. The number of nitrogens with zero attached hydrogens (tertiary/aromatic N) is 1. The molecule has 2 aromatic rings. The van der Waals surface area contributed by atoms with Crippen molar-refractivity contribution in [3.05, 3.63) is 75.8 Å². The third-order valence-corrected chi connectivity index (χ3v) is 9.67. The molecule has 0 saturated carbocycles. The number of nitrogens with one attached hydrogen (secondary N) is 2. The molecule has 2 aromatic carbocycles. The van der Waals surface area contributed by atoms with Crippen LogP contribution in [0.5, 0.6) is 0 Å². The first-order valence-corrected chi connectivity index (χ1v) is 15.3. The Balaban J connectivity index is 1.57. The predicted molar refractivity (Wildman–Crippen MR) is 166 cm³/mol. The maximum Gasteiger partial charge on any atom is 0.312 e. The Morgan fingerprint density at radius 2 is 1.84 bits per heavy atom. The molecule has 236 valence electrons. The van der Waals surface area contributed by atoms with Crippen molar-refractivity contribution in [1.82, 2.24) is 10.2 Å². The fourth-order valence-corrected chi connectivity index (χ4v) is 7.49. The van der Waals surface area contributed by atoms with Gasteiger partial charge in [-0.05, 0) is 28.7 Å². The van der Waals surface area contributed by atoms with Gasteiger partial charge >= 0.3 is 5.97 Å². The van der Waals surface area contributed by atoms with E-state index < -0.39 is 65.5 Å². The largest absolute Gasteiger partial charge is 0.461 e. The molecule has 0 bridgehead atoms. The molecule has 3 aliphatic heterocycles. The van der Waals surface area contributed by atoms with Crippen LogP contribution < -0.4 is 10.6 Å². The molecule has 1 spiro atoms. The van der Waals surface area contributed by atoms with Gasteiger partial charge in [0.05, 0.1) is 23.2 Å². The molecule has 2 amide bonds. The van der Waals surface area contributed by atoms with Gasteiger partial charge in [-0.15, -0.1) is 0 Å². The summed E-state index contributed by atoms with van der Waals surface area (Å²) < 4.78 is 35.8. The molecular weight excluding hydrogens is 611 g/mol. The summed E-state index contributed by atoms with van der Waals surface area (Å²) in [4.78, 5) is 43.3. The first-order chi connectivity index (χ1) is 20.4. The Labute approximate surface area is 266 Å². The third-order valence-electron chi connectivity index (χ3n) is 9.15. The Morgan fingerprint density at radius 3 is 2.50 bits per heavy atom. The van der Waals surface area contributed by atoms with Crippen molar-refractivity contribution in [3.63, 3.8) is 0 Å². The van der Waals surface area contributed by atoms with Crippen molar-refractivity contribution >= 4 is 46.7 Å². The van der Waals surface area contributed by atoms with Gasteiger partial charge < -0.3 is 15.4 Å². The van der Waals surface area contributed by atoms with Gasteiger partial charge in [-0.3, -0.25) is 19.3 Å². The van der Waals surface area contributed by atoms with E-state index in [1.165, 1.54) is 23.1 Å². The average molecular weight is 649 g/mol. The molecular formula is C33H37Cl2F2N3O4. The van der Waals surface area contributed by atoms with E-state index in [1.54, 1.807) is 0 Å². The molecule has 0 radical (unpaired) electrons. The maximum atomic E-state index is 15.2. The van der Waals surface area contributed by atoms with E-state index in [0.29, 0.717) is 0 Å². The second-order valence-corrected chi connectivity index (χ2v) is 14.5. The van der Waals surface area contributed by atoms with E-state index in [9.17, 15) is 14.4 Å². The fourth-order valence-electron chi connectivity index (χ4n) is 6.95. The van der Waals surface area contributed by atoms with Crippen LogP contribution in [0.25, 0.3) is 0 Å². The van der Waals surface area contributed by atoms with Gasteiger partial charge in [0.25, 0.3) is 11.8 Å². The van der Waals surface area contributed by atoms with Crippen molar-refractivity contribution in [1.29, 1.82) is 0 Å². The quantitative estimate of drug-likeness (QED) is 0.275. The summed E-state index contributed by atoms with van der Waals surface area (Å²) in [6.45, 7) is 13.0. The normalized spacial score (nSPS) is 25.8. The lowest BCUT2D eigenvalue weighted by Gasteiger charge is -2.36. The van der Waals surface area contributed by atoms with Crippen LogP contribution in [-0.4, -0.2) is 54.3 Å². The Kier molecular flexibility index (Phi) is 8.17. The van der Waals surface area contributed by atoms with Crippen LogP contribution in [0, 0.1) is 11.8 Å². The average Bonchev–Trinajstić information content (AvgIpc) is 3.51. The van der Waals surface area contributed by atoms with Gasteiger partial charge in [-0.1, -0.05) is 94.7 Å². The lowest BCUT2D eigenvalue weighted by molar-refractivity contribution is -0.158. The summed E-state index contributed by atoms with van der Waals surface area (Å²) in [7, 11) is 0. The highest BCUT2D eigenvalue weighted by Gasteiger charge is 2.74. The molecule has 4 unspecified atom stereocenters. The monoisotopic (exact) mass is 647 g/mol. The SMILES string of the molecule is C=CCOC(=O)C1C(C(=O)NCC(C)(C)c2cccc(C(C)(C)C)c2)C2CC(F)(F)CN2C12C(=O)Nc1c(Cl)cc(Cl)cc12. The first-order valence-electron chi connectivity index (χ1n) is 14.6. The Morgan fingerprint density at radius 1 is 1.16 bits per heavy atom. The highest BCUT2D eigenvalue weighted by Crippen LogP contribution is 2.61. The summed E-state index contributed by atoms with van der Waals surface area (Å²) in [5, 5.41) is 5.87. The van der Waals surface area contributed by atoms with E-state index in [0.717, 1.165) is 11.1 Å². The molecule has 3 heterocycles. The van der Waals surface area contributed by atoms with Crippen LogP contribution in [0.1, 0.15) is 57.7 Å². The summed E-state index contributed by atoms with van der Waals surface area (Å²) >= 11 is 12.8. The summed E-state index contributed by atoms with van der Waals surface area (Å²) in [5.74, 6) is -8.26. The van der Waals surface area contributed by atoms with Crippen molar-refractivity contribution in [2.24, 2.45) is 11.8 Å². The molecule has 44 heavy (non-hydrogen) atoms. The molecule has 7 nitrogen and oxygen atoms in total. The summed E-state index contributed by atoms with van der Waals surface area (Å²) in [6.07, 6.45) is 0.639. The van der Waals surface area contributed by atoms with Crippen molar-refractivity contribution < 1.29 is 27.9 Å². The van der Waals surface area contributed by atoms with Crippen LogP contribution >= 0.6 is 23.2 Å². The highest BCUT2D eigenvalue weighted by molar-refractivity contribution is 6.38. The number of rotatable bonds is 7. The molecule has 2 saturated heterocycles. The standard InChI is InChI=1S/C33H37Cl2F2N3O4/c1-7-11-44-28(42)25-24(27(41)38-16-31(5,6)19-10-8-9-18(12-19)30(2,3)4)23-15-32(36,37)17-40(23)33(25)21-13-20(34)14-22(35)26(21)39-29(33)43/h7-10,12-14,23-25H,1,11,15-17H2,2-6H3,(H,38,41)(H,39,43). The lowest BCUT2D eigenvalue weighted by Crippen LogP contribution is -2.55. The molecule has 4 atom stereocenters. The van der Waals surface area contributed by atoms with Crippen LogP contribution in [0.3, 0.4) is 0 Å². The van der Waals surface area contributed by atoms with Crippen LogP contribution in [0.2, 0.25) is 10.0 Å². The number of carbonyl (C=O) groups is 3. The minimum atomic E-state index is -3.22. The van der Waals surface area contributed by atoms with E-state index in [4.69, 9.17) is 27.9 Å². The van der Waals surface area contributed by atoms with Crippen LogP contribution in [0.15, 0.2) is 49.1 Å². The number of benzene rings is 2. The van der Waals surface area contributed by atoms with Gasteiger partial charge in [-0.2, -0.15) is 0 Å². The number of ether oxygens (including phenoxy) is 1. The summed E-state index contributed by atoms with van der Waals surface area (Å²) in [6, 6.07) is 9.80. The number of halogens is 4. The third kappa shape index (κ3) is 5.31. The zero-order chi connectivity index (χ0) is 32.4. The molecule has 3 aliphatic rings. The molecule has 2 fully saturated rings. The highest BCUT2D eigenvalue weighted by atomic mass is 35.5. The van der Waals surface area contributed by atoms with E-state index >= 15 is 8.78 Å². The van der Waals surface area contributed by atoms with Gasteiger partial charge in [0, 0.05) is 35.0 Å². The molecule has 0 aliphatic carbocycles. The molecule has 0 aromatic heterocycles. The minimum Gasteiger partial charge on any atom is -0.461 e. The van der Waals surface area contributed by atoms with E-state index in [-0.39, 0.29) is 39.9 Å². The number of anilines is 1. The van der Waals surface area contributed by atoms with Crippen LogP contribution in [-0.2, 0) is 35.5 Å². The zero-order valence-corrected chi connectivity index (χ0v) is 26.9. The predicted octanol–water partition coefficient (Wildman–Crippen LogP) is 6.22. The molecule has 11 heteroatoms. The smallest absolute Gasteiger partial charge is 0.312 e. The first kappa shape index (κ1) is 32.4. The number of hydrogen-bond acceptors (Lipinski definition) is 5. The van der Waals surface area contributed by atoms with Gasteiger partial charge in [0.15, 0.2) is 0 Å². The van der Waals surface area contributed by atoms with E-state index in [1.807, 2.05) is 32.0 Å². The number of hydrogen-bond donors (Lipinski definition) is 2. The number of carbonyl (C=O) groups excluding carboxylic acids is 3. The van der Waals surface area contributed by atoms with Crippen molar-refractivity contribution in [2.75, 3.05) is 25.0 Å².